The van der Waals surface area contributed by atoms with Gasteiger partial charge in [-0.25, -0.2) is 4.39 Å². The van der Waals surface area contributed by atoms with Crippen molar-refractivity contribution in [2.45, 2.75) is 24.7 Å². The zero-order chi connectivity index (χ0) is 9.60. The predicted octanol–water partition coefficient (Wildman–Crippen LogP) is 2.00. The normalized spacial score (nSPS) is 29.8. The Morgan fingerprint density at radius 2 is 2.21 bits per heavy atom. The highest BCUT2D eigenvalue weighted by Gasteiger charge is 2.40. The molecule has 1 aromatic rings. The molecule has 1 fully saturated rings. The van der Waals surface area contributed by atoms with E-state index in [4.69, 9.17) is 0 Å². The summed E-state index contributed by atoms with van der Waals surface area (Å²) in [6.07, 6.45) is 3.49. The molecule has 74 valence electrons. The molecule has 1 spiro atoms. The third kappa shape index (κ3) is 1.04. The molecule has 1 N–H and O–H groups in total. The lowest BCUT2D eigenvalue weighted by Crippen LogP contribution is -2.25. The van der Waals surface area contributed by atoms with E-state index < -0.39 is 0 Å². The molecule has 1 saturated heterocycles. The summed E-state index contributed by atoms with van der Waals surface area (Å²) in [4.78, 5) is 0. The van der Waals surface area contributed by atoms with E-state index in [0.29, 0.717) is 0 Å². The van der Waals surface area contributed by atoms with Crippen LogP contribution in [0, 0.1) is 5.82 Å². The fraction of sp³-hybridized carbons (Fsp3) is 0.500. The Kier molecular flexibility index (Phi) is 1.68. The standard InChI is InChI=1S/C12H14FN/c13-10-2-1-9-3-4-12(11(9)7-10)5-6-14-8-12/h1-2,7,14H,3-6,8H2. The highest BCUT2D eigenvalue weighted by atomic mass is 19.1. The quantitative estimate of drug-likeness (QED) is 0.661. The maximum atomic E-state index is 13.2. The first-order chi connectivity index (χ1) is 6.80. The molecule has 3 rings (SSSR count). The van der Waals surface area contributed by atoms with E-state index in [-0.39, 0.29) is 11.2 Å². The summed E-state index contributed by atoms with van der Waals surface area (Å²) in [5, 5.41) is 3.39. The average molecular weight is 191 g/mol. The van der Waals surface area contributed by atoms with Crippen molar-refractivity contribution in [3.8, 4) is 0 Å². The number of benzene rings is 1. The molecule has 1 heterocycles. The van der Waals surface area contributed by atoms with Crippen LogP contribution in [-0.4, -0.2) is 13.1 Å². The molecule has 14 heavy (non-hydrogen) atoms. The van der Waals surface area contributed by atoms with Gasteiger partial charge in [-0.15, -0.1) is 0 Å². The van der Waals surface area contributed by atoms with Gasteiger partial charge in [-0.2, -0.15) is 0 Å². The van der Waals surface area contributed by atoms with Crippen molar-refractivity contribution >= 4 is 0 Å². The lowest BCUT2D eigenvalue weighted by atomic mass is 9.81. The van der Waals surface area contributed by atoms with E-state index >= 15 is 0 Å². The first-order valence-corrected chi connectivity index (χ1v) is 5.30. The minimum atomic E-state index is -0.0862. The van der Waals surface area contributed by atoms with Crippen LogP contribution in [0.5, 0.6) is 0 Å². The lowest BCUT2D eigenvalue weighted by Gasteiger charge is -2.23. The van der Waals surface area contributed by atoms with Crippen LogP contribution in [0.25, 0.3) is 0 Å². The highest BCUT2D eigenvalue weighted by molar-refractivity contribution is 5.41. The average Bonchev–Trinajstić information content (AvgIpc) is 2.77. The Balaban J connectivity index is 2.12. The van der Waals surface area contributed by atoms with Crippen molar-refractivity contribution in [3.05, 3.63) is 35.1 Å². The third-order valence-electron chi connectivity index (χ3n) is 3.76. The van der Waals surface area contributed by atoms with Crippen LogP contribution in [0.1, 0.15) is 24.0 Å². The van der Waals surface area contributed by atoms with Crippen LogP contribution >= 0.6 is 0 Å². The molecule has 0 aromatic heterocycles. The van der Waals surface area contributed by atoms with Crippen molar-refractivity contribution < 1.29 is 4.39 Å². The number of hydrogen-bond acceptors (Lipinski definition) is 1. The van der Waals surface area contributed by atoms with Crippen LogP contribution in [0.3, 0.4) is 0 Å². The van der Waals surface area contributed by atoms with Gasteiger partial charge in [0.15, 0.2) is 0 Å². The molecule has 1 aliphatic carbocycles. The number of aryl methyl sites for hydroxylation is 1. The van der Waals surface area contributed by atoms with Crippen LogP contribution in [-0.2, 0) is 11.8 Å². The second kappa shape index (κ2) is 2.80. The summed E-state index contributed by atoms with van der Waals surface area (Å²) < 4.78 is 13.2. The maximum absolute atomic E-state index is 13.2. The lowest BCUT2D eigenvalue weighted by molar-refractivity contribution is 0.466. The molecule has 1 nitrogen and oxygen atoms in total. The van der Waals surface area contributed by atoms with Crippen LogP contribution < -0.4 is 5.32 Å². The van der Waals surface area contributed by atoms with Gasteiger partial charge in [0, 0.05) is 12.0 Å². The fourth-order valence-corrected chi connectivity index (χ4v) is 2.96. The van der Waals surface area contributed by atoms with Crippen LogP contribution in [0.2, 0.25) is 0 Å². The zero-order valence-corrected chi connectivity index (χ0v) is 8.15. The minimum Gasteiger partial charge on any atom is -0.316 e. The largest absolute Gasteiger partial charge is 0.316 e. The summed E-state index contributed by atoms with van der Waals surface area (Å²) in [6, 6.07) is 5.29. The summed E-state index contributed by atoms with van der Waals surface area (Å²) in [5.74, 6) is -0.0862. The first-order valence-electron chi connectivity index (χ1n) is 5.30. The maximum Gasteiger partial charge on any atom is 0.123 e. The molecule has 1 unspecified atom stereocenters. The summed E-state index contributed by atoms with van der Waals surface area (Å²) in [5.41, 5.74) is 2.88. The molecule has 0 bridgehead atoms. The Hall–Kier alpha value is -0.890. The van der Waals surface area contributed by atoms with Crippen molar-refractivity contribution in [2.24, 2.45) is 0 Å². The molecule has 2 aliphatic rings. The second-order valence-electron chi connectivity index (χ2n) is 4.51. The van der Waals surface area contributed by atoms with Gasteiger partial charge >= 0.3 is 0 Å². The van der Waals surface area contributed by atoms with Gasteiger partial charge in [0.25, 0.3) is 0 Å². The summed E-state index contributed by atoms with van der Waals surface area (Å²) >= 11 is 0. The van der Waals surface area contributed by atoms with E-state index in [0.717, 1.165) is 19.5 Å². The van der Waals surface area contributed by atoms with Gasteiger partial charge in [0.1, 0.15) is 5.82 Å². The smallest absolute Gasteiger partial charge is 0.123 e. The van der Waals surface area contributed by atoms with E-state index in [1.165, 1.54) is 24.0 Å². The Labute approximate surface area is 83.3 Å². The van der Waals surface area contributed by atoms with Crippen LogP contribution in [0.15, 0.2) is 18.2 Å². The van der Waals surface area contributed by atoms with Gasteiger partial charge < -0.3 is 5.32 Å². The highest BCUT2D eigenvalue weighted by Crippen LogP contribution is 2.43. The summed E-state index contributed by atoms with van der Waals surface area (Å²) in [6.45, 7) is 2.11. The van der Waals surface area contributed by atoms with Gasteiger partial charge in [-0.05, 0) is 49.1 Å². The molecule has 0 radical (unpaired) electrons. The van der Waals surface area contributed by atoms with Crippen molar-refractivity contribution in [3.63, 3.8) is 0 Å². The van der Waals surface area contributed by atoms with Gasteiger partial charge in [-0.1, -0.05) is 6.07 Å². The molecular formula is C12H14FN. The fourth-order valence-electron chi connectivity index (χ4n) is 2.96. The van der Waals surface area contributed by atoms with E-state index in [2.05, 4.69) is 5.32 Å². The number of hydrogen-bond donors (Lipinski definition) is 1. The molecule has 0 saturated carbocycles. The van der Waals surface area contributed by atoms with E-state index in [1.807, 2.05) is 6.07 Å². The number of rotatable bonds is 0. The van der Waals surface area contributed by atoms with Crippen molar-refractivity contribution in [2.75, 3.05) is 13.1 Å². The van der Waals surface area contributed by atoms with E-state index in [9.17, 15) is 4.39 Å². The summed E-state index contributed by atoms with van der Waals surface area (Å²) in [7, 11) is 0. The van der Waals surface area contributed by atoms with Gasteiger partial charge in [0.2, 0.25) is 0 Å². The SMILES string of the molecule is Fc1ccc2c(c1)C1(CCNC1)CC2. The number of fused-ring (bicyclic) bond motifs is 2. The molecule has 0 amide bonds. The topological polar surface area (TPSA) is 12.0 Å². The number of halogens is 1. The van der Waals surface area contributed by atoms with Crippen molar-refractivity contribution in [1.82, 2.24) is 5.32 Å². The molecule has 1 aliphatic heterocycles. The minimum absolute atomic E-state index is 0.0862. The molecule has 2 heteroatoms. The molecular weight excluding hydrogens is 177 g/mol. The Morgan fingerprint density at radius 1 is 1.29 bits per heavy atom. The van der Waals surface area contributed by atoms with Gasteiger partial charge in [0.05, 0.1) is 0 Å². The molecule has 1 aromatic carbocycles. The van der Waals surface area contributed by atoms with Crippen LogP contribution in [0.4, 0.5) is 4.39 Å². The van der Waals surface area contributed by atoms with Crippen molar-refractivity contribution in [1.29, 1.82) is 0 Å². The second-order valence-corrected chi connectivity index (χ2v) is 4.51. The number of nitrogens with one attached hydrogen (secondary N) is 1. The zero-order valence-electron chi connectivity index (χ0n) is 8.15. The molecule has 1 atom stereocenters. The predicted molar refractivity (Wildman–Crippen MR) is 53.9 cm³/mol. The Bertz CT molecular complexity index is 367. The van der Waals surface area contributed by atoms with E-state index in [1.54, 1.807) is 12.1 Å². The van der Waals surface area contributed by atoms with Gasteiger partial charge in [-0.3, -0.25) is 0 Å². The first kappa shape index (κ1) is 8.42. The monoisotopic (exact) mass is 191 g/mol. The third-order valence-corrected chi connectivity index (χ3v) is 3.76. The Morgan fingerprint density at radius 3 is 3.00 bits per heavy atom.